The predicted octanol–water partition coefficient (Wildman–Crippen LogP) is 2.13. The lowest BCUT2D eigenvalue weighted by Crippen LogP contribution is -2.36. The fourth-order valence-electron chi connectivity index (χ4n) is 2.09. The summed E-state index contributed by atoms with van der Waals surface area (Å²) >= 11 is 8.34. The Morgan fingerprint density at radius 1 is 1.39 bits per heavy atom. The van der Waals surface area contributed by atoms with Gasteiger partial charge in [-0.3, -0.25) is 0 Å². The van der Waals surface area contributed by atoms with E-state index >= 15 is 0 Å². The van der Waals surface area contributed by atoms with Gasteiger partial charge in [-0.25, -0.2) is 9.50 Å². The van der Waals surface area contributed by atoms with E-state index in [-0.39, 0.29) is 0 Å². The molecule has 2 aromatic heterocycles. The Labute approximate surface area is 123 Å². The van der Waals surface area contributed by atoms with Crippen LogP contribution in [-0.4, -0.2) is 40.9 Å². The van der Waals surface area contributed by atoms with Crippen LogP contribution < -0.4 is 4.90 Å². The molecule has 0 aromatic carbocycles. The number of fused-ring (bicyclic) bond motifs is 1. The van der Waals surface area contributed by atoms with E-state index in [0.29, 0.717) is 5.15 Å². The molecule has 3 rings (SSSR count). The van der Waals surface area contributed by atoms with E-state index in [0.717, 1.165) is 47.0 Å². The summed E-state index contributed by atoms with van der Waals surface area (Å²) in [5.74, 6) is 0. The number of hydrogen-bond acceptors (Lipinski definition) is 4. The molecule has 0 bridgehead atoms. The van der Waals surface area contributed by atoms with E-state index in [1.54, 1.807) is 0 Å². The molecule has 0 spiro atoms. The lowest BCUT2D eigenvalue weighted by Gasteiger charge is -2.28. The summed E-state index contributed by atoms with van der Waals surface area (Å²) in [5.41, 5.74) is 2.87. The van der Waals surface area contributed by atoms with Crippen molar-refractivity contribution >= 4 is 45.5 Å². The van der Waals surface area contributed by atoms with Crippen LogP contribution in [-0.2, 0) is 4.74 Å². The SMILES string of the molecule is Cc1nc2c(N3CCOCC3)cc(Cl)nn2c1I. The van der Waals surface area contributed by atoms with E-state index in [2.05, 4.69) is 37.6 Å². The molecule has 0 unspecified atom stereocenters. The van der Waals surface area contributed by atoms with Crippen molar-refractivity contribution < 1.29 is 4.74 Å². The second-order valence-electron chi connectivity index (χ2n) is 4.18. The minimum absolute atomic E-state index is 0.485. The Kier molecular flexibility index (Phi) is 3.33. The first-order valence-electron chi connectivity index (χ1n) is 5.71. The zero-order chi connectivity index (χ0) is 12.7. The monoisotopic (exact) mass is 378 g/mol. The van der Waals surface area contributed by atoms with Crippen LogP contribution in [0.4, 0.5) is 5.69 Å². The highest BCUT2D eigenvalue weighted by molar-refractivity contribution is 14.1. The number of nitrogens with zero attached hydrogens (tertiary/aromatic N) is 4. The molecule has 5 nitrogen and oxygen atoms in total. The van der Waals surface area contributed by atoms with Crippen LogP contribution in [0.3, 0.4) is 0 Å². The Morgan fingerprint density at radius 3 is 2.83 bits per heavy atom. The van der Waals surface area contributed by atoms with Crippen LogP contribution >= 0.6 is 34.2 Å². The molecule has 1 fully saturated rings. The van der Waals surface area contributed by atoms with Crippen LogP contribution in [0, 0.1) is 10.6 Å². The van der Waals surface area contributed by atoms with Gasteiger partial charge in [0.1, 0.15) is 3.70 Å². The molecule has 96 valence electrons. The van der Waals surface area contributed by atoms with Gasteiger partial charge in [0, 0.05) is 19.2 Å². The van der Waals surface area contributed by atoms with Crippen molar-refractivity contribution in [3.63, 3.8) is 0 Å². The number of imidazole rings is 1. The standard InChI is InChI=1S/C11H12ClIN4O/c1-7-10(13)17-11(14-7)8(6-9(12)15-17)16-2-4-18-5-3-16/h6H,2-5H2,1H3. The largest absolute Gasteiger partial charge is 0.378 e. The van der Waals surface area contributed by atoms with Gasteiger partial charge in [-0.15, -0.1) is 0 Å². The van der Waals surface area contributed by atoms with Gasteiger partial charge in [0.15, 0.2) is 10.8 Å². The maximum atomic E-state index is 6.10. The average molecular weight is 379 g/mol. The van der Waals surface area contributed by atoms with Crippen molar-refractivity contribution in [2.75, 3.05) is 31.2 Å². The number of aromatic nitrogens is 3. The summed E-state index contributed by atoms with van der Waals surface area (Å²) in [6.45, 7) is 5.18. The molecule has 7 heteroatoms. The van der Waals surface area contributed by atoms with E-state index in [1.165, 1.54) is 0 Å². The summed E-state index contributed by atoms with van der Waals surface area (Å²) in [4.78, 5) is 6.83. The number of rotatable bonds is 1. The van der Waals surface area contributed by atoms with Gasteiger partial charge in [-0.2, -0.15) is 5.10 Å². The number of aryl methyl sites for hydroxylation is 1. The first-order valence-corrected chi connectivity index (χ1v) is 7.16. The Bertz CT molecular complexity index is 594. The number of halogens is 2. The molecule has 0 radical (unpaired) electrons. The minimum Gasteiger partial charge on any atom is -0.378 e. The van der Waals surface area contributed by atoms with Crippen molar-refractivity contribution in [1.29, 1.82) is 0 Å². The van der Waals surface area contributed by atoms with Gasteiger partial charge in [-0.1, -0.05) is 11.6 Å². The third-order valence-electron chi connectivity index (χ3n) is 2.99. The van der Waals surface area contributed by atoms with Crippen molar-refractivity contribution in [3.8, 4) is 0 Å². The Morgan fingerprint density at radius 2 is 2.11 bits per heavy atom. The quantitative estimate of drug-likeness (QED) is 0.713. The summed E-state index contributed by atoms with van der Waals surface area (Å²) in [7, 11) is 0. The fraction of sp³-hybridized carbons (Fsp3) is 0.455. The predicted molar refractivity (Wildman–Crippen MR) is 78.5 cm³/mol. The normalized spacial score (nSPS) is 16.5. The molecule has 18 heavy (non-hydrogen) atoms. The van der Waals surface area contributed by atoms with Crippen molar-refractivity contribution in [1.82, 2.24) is 14.6 Å². The Balaban J connectivity index is 2.17. The molecule has 0 amide bonds. The topological polar surface area (TPSA) is 42.7 Å². The van der Waals surface area contributed by atoms with Crippen molar-refractivity contribution in [2.45, 2.75) is 6.92 Å². The second-order valence-corrected chi connectivity index (χ2v) is 5.58. The van der Waals surface area contributed by atoms with Gasteiger partial charge < -0.3 is 9.64 Å². The third-order valence-corrected chi connectivity index (χ3v) is 4.41. The van der Waals surface area contributed by atoms with Crippen molar-refractivity contribution in [3.05, 3.63) is 20.6 Å². The van der Waals surface area contributed by atoms with Crippen LogP contribution in [0.15, 0.2) is 6.07 Å². The van der Waals surface area contributed by atoms with E-state index in [4.69, 9.17) is 16.3 Å². The molecule has 1 saturated heterocycles. The molecular weight excluding hydrogens is 367 g/mol. The van der Waals surface area contributed by atoms with Crippen LogP contribution in [0.1, 0.15) is 5.69 Å². The highest BCUT2D eigenvalue weighted by Crippen LogP contribution is 2.26. The first kappa shape index (κ1) is 12.4. The van der Waals surface area contributed by atoms with Gasteiger partial charge in [0.2, 0.25) is 0 Å². The Hall–Kier alpha value is -0.600. The zero-order valence-corrected chi connectivity index (χ0v) is 12.8. The first-order chi connectivity index (χ1) is 8.66. The minimum atomic E-state index is 0.485. The molecule has 1 aliphatic heterocycles. The molecule has 3 heterocycles. The van der Waals surface area contributed by atoms with Crippen molar-refractivity contribution in [2.24, 2.45) is 0 Å². The lowest BCUT2D eigenvalue weighted by molar-refractivity contribution is 0.123. The molecule has 0 atom stereocenters. The molecule has 1 aliphatic rings. The number of hydrogen-bond donors (Lipinski definition) is 0. The highest BCUT2D eigenvalue weighted by atomic mass is 127. The fourth-order valence-corrected chi connectivity index (χ4v) is 2.73. The molecule has 0 saturated carbocycles. The van der Waals surface area contributed by atoms with Gasteiger partial charge >= 0.3 is 0 Å². The molecule has 0 N–H and O–H groups in total. The highest BCUT2D eigenvalue weighted by Gasteiger charge is 2.19. The lowest BCUT2D eigenvalue weighted by atomic mass is 10.3. The maximum absolute atomic E-state index is 6.10. The van der Waals surface area contributed by atoms with Crippen LogP contribution in [0.25, 0.3) is 5.65 Å². The maximum Gasteiger partial charge on any atom is 0.178 e. The summed E-state index contributed by atoms with van der Waals surface area (Å²) in [5, 5.41) is 4.79. The molecular formula is C11H12ClIN4O. The third kappa shape index (κ3) is 2.06. The number of anilines is 1. The van der Waals surface area contributed by atoms with E-state index in [9.17, 15) is 0 Å². The number of ether oxygens (including phenoxy) is 1. The summed E-state index contributed by atoms with van der Waals surface area (Å²) < 4.78 is 8.18. The molecule has 2 aromatic rings. The van der Waals surface area contributed by atoms with Crippen LogP contribution in [0.5, 0.6) is 0 Å². The van der Waals surface area contributed by atoms with Gasteiger partial charge in [0.25, 0.3) is 0 Å². The smallest absolute Gasteiger partial charge is 0.178 e. The second kappa shape index (κ2) is 4.82. The van der Waals surface area contributed by atoms with Gasteiger partial charge in [-0.05, 0) is 29.5 Å². The van der Waals surface area contributed by atoms with E-state index in [1.807, 2.05) is 17.5 Å². The van der Waals surface area contributed by atoms with Crippen LogP contribution in [0.2, 0.25) is 5.15 Å². The van der Waals surface area contributed by atoms with E-state index < -0.39 is 0 Å². The molecule has 0 aliphatic carbocycles. The average Bonchev–Trinajstić information content (AvgIpc) is 2.66. The number of morpholine rings is 1. The summed E-state index contributed by atoms with van der Waals surface area (Å²) in [6.07, 6.45) is 0. The zero-order valence-electron chi connectivity index (χ0n) is 9.86. The van der Waals surface area contributed by atoms with Gasteiger partial charge in [0.05, 0.1) is 24.6 Å². The summed E-state index contributed by atoms with van der Waals surface area (Å²) in [6, 6.07) is 1.88.